The molecule has 7 nitrogen and oxygen atoms in total. The first-order chi connectivity index (χ1) is 8.77. The molecule has 1 unspecified atom stereocenters. The van der Waals surface area contributed by atoms with E-state index in [-0.39, 0.29) is 17.6 Å². The predicted molar refractivity (Wildman–Crippen MR) is 64.5 cm³/mol. The number of rotatable bonds is 6. The molecule has 0 spiro atoms. The average molecular weight is 272 g/mol. The van der Waals surface area contributed by atoms with Gasteiger partial charge in [-0.1, -0.05) is 13.2 Å². The second kappa shape index (κ2) is 8.04. The van der Waals surface area contributed by atoms with Crippen molar-refractivity contribution in [3.8, 4) is 0 Å². The van der Waals surface area contributed by atoms with E-state index in [0.717, 1.165) is 6.61 Å². The van der Waals surface area contributed by atoms with E-state index in [2.05, 4.69) is 17.9 Å². The van der Waals surface area contributed by atoms with E-state index >= 15 is 0 Å². The summed E-state index contributed by atoms with van der Waals surface area (Å²) in [5.74, 6) is -2.78. The maximum Gasteiger partial charge on any atom is 0.333 e. The maximum absolute atomic E-state index is 10.7. The summed E-state index contributed by atoms with van der Waals surface area (Å²) < 4.78 is 9.35. The third-order valence-electron chi connectivity index (χ3n) is 2.02. The van der Waals surface area contributed by atoms with Gasteiger partial charge in [-0.05, 0) is 0 Å². The lowest BCUT2D eigenvalue weighted by molar-refractivity contribution is -0.139. The molecule has 0 radical (unpaired) electrons. The van der Waals surface area contributed by atoms with Gasteiger partial charge in [-0.2, -0.15) is 0 Å². The summed E-state index contributed by atoms with van der Waals surface area (Å²) in [6.45, 7) is 7.31. The SMILES string of the molecule is C=C(CC(=O)O)C(=O)O.C=C(CC1CO1)C(=O)OC. The van der Waals surface area contributed by atoms with Gasteiger partial charge in [0.25, 0.3) is 0 Å². The Bertz CT molecular complexity index is 393. The highest BCUT2D eigenvalue weighted by atomic mass is 16.6. The van der Waals surface area contributed by atoms with E-state index in [1.807, 2.05) is 0 Å². The van der Waals surface area contributed by atoms with Crippen molar-refractivity contribution in [3.05, 3.63) is 24.3 Å². The van der Waals surface area contributed by atoms with Crippen molar-refractivity contribution in [1.29, 1.82) is 0 Å². The molecule has 0 aliphatic carbocycles. The van der Waals surface area contributed by atoms with Crippen LogP contribution in [0.5, 0.6) is 0 Å². The van der Waals surface area contributed by atoms with Crippen LogP contribution in [0.2, 0.25) is 0 Å². The smallest absolute Gasteiger partial charge is 0.333 e. The van der Waals surface area contributed by atoms with E-state index in [4.69, 9.17) is 14.9 Å². The largest absolute Gasteiger partial charge is 0.481 e. The first kappa shape index (κ1) is 16.9. The van der Waals surface area contributed by atoms with Gasteiger partial charge in [-0.25, -0.2) is 9.59 Å². The number of hydrogen-bond donors (Lipinski definition) is 2. The number of carboxylic acid groups (broad SMARTS) is 2. The molecule has 0 aromatic heterocycles. The molecule has 0 amide bonds. The van der Waals surface area contributed by atoms with E-state index in [1.54, 1.807) is 0 Å². The molecule has 0 saturated carbocycles. The lowest BCUT2D eigenvalue weighted by Crippen LogP contribution is -2.05. The van der Waals surface area contributed by atoms with Gasteiger partial charge in [0, 0.05) is 17.6 Å². The molecule has 1 aliphatic heterocycles. The number of esters is 1. The molecule has 1 fully saturated rings. The number of aliphatic carboxylic acids is 2. The third-order valence-corrected chi connectivity index (χ3v) is 2.02. The van der Waals surface area contributed by atoms with Gasteiger partial charge in [-0.15, -0.1) is 0 Å². The fraction of sp³-hybridized carbons (Fsp3) is 0.417. The number of carbonyl (C=O) groups is 3. The van der Waals surface area contributed by atoms with Crippen LogP contribution in [0.25, 0.3) is 0 Å². The molecule has 7 heteroatoms. The molecular formula is C12H16O7. The summed E-state index contributed by atoms with van der Waals surface area (Å²) in [6, 6.07) is 0. The predicted octanol–water partition coefficient (Wildman–Crippen LogP) is 0.606. The number of epoxide rings is 1. The second-order valence-corrected chi connectivity index (χ2v) is 3.73. The van der Waals surface area contributed by atoms with Crippen molar-refractivity contribution < 1.29 is 34.1 Å². The van der Waals surface area contributed by atoms with Crippen LogP contribution in [-0.2, 0) is 23.9 Å². The first-order valence-corrected chi connectivity index (χ1v) is 5.28. The first-order valence-electron chi connectivity index (χ1n) is 5.28. The van der Waals surface area contributed by atoms with E-state index < -0.39 is 18.4 Å². The summed E-state index contributed by atoms with van der Waals surface area (Å²) in [5.41, 5.74) is 0.188. The number of ether oxygens (including phenoxy) is 2. The number of hydrogen-bond acceptors (Lipinski definition) is 5. The molecule has 2 N–H and O–H groups in total. The van der Waals surface area contributed by atoms with Gasteiger partial charge < -0.3 is 19.7 Å². The zero-order valence-electron chi connectivity index (χ0n) is 10.5. The Kier molecular flexibility index (Phi) is 7.13. The Hall–Kier alpha value is -2.15. The van der Waals surface area contributed by atoms with Crippen molar-refractivity contribution in [3.63, 3.8) is 0 Å². The van der Waals surface area contributed by atoms with E-state index in [9.17, 15) is 14.4 Å². The molecule has 1 rings (SSSR count). The van der Waals surface area contributed by atoms with Crippen molar-refractivity contribution >= 4 is 17.9 Å². The molecule has 1 heterocycles. The fourth-order valence-corrected chi connectivity index (χ4v) is 0.947. The Labute approximate surface area is 110 Å². The quantitative estimate of drug-likeness (QED) is 0.413. The molecule has 19 heavy (non-hydrogen) atoms. The fourth-order valence-electron chi connectivity index (χ4n) is 0.947. The van der Waals surface area contributed by atoms with Gasteiger partial charge in [-0.3, -0.25) is 4.79 Å². The summed E-state index contributed by atoms with van der Waals surface area (Å²) in [7, 11) is 1.35. The summed E-state index contributed by atoms with van der Waals surface area (Å²) >= 11 is 0. The molecule has 1 saturated heterocycles. The van der Waals surface area contributed by atoms with Crippen molar-refractivity contribution in [2.75, 3.05) is 13.7 Å². The number of methoxy groups -OCH3 is 1. The lowest BCUT2D eigenvalue weighted by atomic mass is 10.2. The van der Waals surface area contributed by atoms with Crippen LogP contribution in [0, 0.1) is 0 Å². The van der Waals surface area contributed by atoms with Crippen LogP contribution >= 0.6 is 0 Å². The summed E-state index contributed by atoms with van der Waals surface area (Å²) in [5, 5.41) is 16.1. The van der Waals surface area contributed by atoms with Crippen LogP contribution in [0.15, 0.2) is 24.3 Å². The highest BCUT2D eigenvalue weighted by molar-refractivity contribution is 5.91. The highest BCUT2D eigenvalue weighted by Gasteiger charge is 2.25. The van der Waals surface area contributed by atoms with Gasteiger partial charge >= 0.3 is 17.9 Å². The van der Waals surface area contributed by atoms with Crippen LogP contribution < -0.4 is 0 Å². The van der Waals surface area contributed by atoms with Crippen LogP contribution in [0.1, 0.15) is 12.8 Å². The monoisotopic (exact) mass is 272 g/mol. The second-order valence-electron chi connectivity index (χ2n) is 3.73. The Morgan fingerprint density at radius 3 is 2.05 bits per heavy atom. The normalized spacial score (nSPS) is 15.5. The maximum atomic E-state index is 10.7. The van der Waals surface area contributed by atoms with Crippen molar-refractivity contribution in [2.24, 2.45) is 0 Å². The topological polar surface area (TPSA) is 113 Å². The zero-order chi connectivity index (χ0) is 15.0. The lowest BCUT2D eigenvalue weighted by Gasteiger charge is -1.98. The van der Waals surface area contributed by atoms with Gasteiger partial charge in [0.2, 0.25) is 0 Å². The molecule has 1 aliphatic rings. The molecule has 0 aromatic rings. The minimum Gasteiger partial charge on any atom is -0.481 e. The number of carboxylic acids is 2. The Morgan fingerprint density at radius 2 is 1.79 bits per heavy atom. The van der Waals surface area contributed by atoms with Gasteiger partial charge in [0.05, 0.1) is 26.2 Å². The van der Waals surface area contributed by atoms with E-state index in [0.29, 0.717) is 12.0 Å². The van der Waals surface area contributed by atoms with Gasteiger partial charge in [0.1, 0.15) is 0 Å². The Balaban J connectivity index is 0.000000344. The summed E-state index contributed by atoms with van der Waals surface area (Å²) in [6.07, 6.45) is 0.314. The third kappa shape index (κ3) is 8.56. The Morgan fingerprint density at radius 1 is 1.26 bits per heavy atom. The van der Waals surface area contributed by atoms with Crippen LogP contribution in [0.4, 0.5) is 0 Å². The highest BCUT2D eigenvalue weighted by Crippen LogP contribution is 2.18. The minimum absolute atomic E-state index is 0.214. The standard InChI is InChI=1S/C7H10O3.C5H6O4/c1-5(7(8)9-2)3-6-4-10-6;1-3(5(8)9)2-4(6)7/h6H,1,3-4H2,2H3;1-2H2,(H,6,7)(H,8,9). The van der Waals surface area contributed by atoms with E-state index in [1.165, 1.54) is 7.11 Å². The molecular weight excluding hydrogens is 256 g/mol. The van der Waals surface area contributed by atoms with Crippen molar-refractivity contribution in [1.82, 2.24) is 0 Å². The average Bonchev–Trinajstić information content (AvgIpc) is 3.11. The molecule has 0 aromatic carbocycles. The molecule has 106 valence electrons. The minimum atomic E-state index is -1.27. The summed E-state index contributed by atoms with van der Waals surface area (Å²) in [4.78, 5) is 30.4. The number of carbonyl (C=O) groups excluding carboxylic acids is 1. The van der Waals surface area contributed by atoms with Crippen LogP contribution in [-0.4, -0.2) is 47.9 Å². The van der Waals surface area contributed by atoms with Crippen LogP contribution in [0.3, 0.4) is 0 Å². The van der Waals surface area contributed by atoms with Crippen molar-refractivity contribution in [2.45, 2.75) is 18.9 Å². The van der Waals surface area contributed by atoms with Gasteiger partial charge in [0.15, 0.2) is 0 Å². The molecule has 1 atom stereocenters. The zero-order valence-corrected chi connectivity index (χ0v) is 10.5. The molecule has 0 bridgehead atoms.